The molecule has 0 aliphatic carbocycles. The summed E-state index contributed by atoms with van der Waals surface area (Å²) in [6, 6.07) is 46.8. The van der Waals surface area contributed by atoms with Gasteiger partial charge >= 0.3 is 0 Å². The van der Waals surface area contributed by atoms with Crippen LogP contribution in [0.1, 0.15) is 74.8 Å². The van der Waals surface area contributed by atoms with Crippen LogP contribution in [0.25, 0.3) is 126 Å². The van der Waals surface area contributed by atoms with Crippen LogP contribution in [0, 0.1) is 25.5 Å². The number of rotatable bonds is 12. The van der Waals surface area contributed by atoms with Gasteiger partial charge in [-0.2, -0.15) is 25.1 Å². The Bertz CT molecular complexity index is 6970. The van der Waals surface area contributed by atoms with Crippen LogP contribution in [-0.2, 0) is 53.2 Å². The Hall–Kier alpha value is -14.3. The maximum atomic E-state index is 13.9. The van der Waals surface area contributed by atoms with E-state index in [-0.39, 0.29) is 74.1 Å². The number of nitrogens with two attached hydrogens (primary N) is 4. The zero-order valence-corrected chi connectivity index (χ0v) is 66.9. The number of aromatic nitrogens is 10. The lowest BCUT2D eigenvalue weighted by Gasteiger charge is -2.17. The number of nitrogens with zero attached hydrogens (tertiary/aromatic N) is 17. The summed E-state index contributed by atoms with van der Waals surface area (Å²) in [6.07, 6.45) is 7.07. The van der Waals surface area contributed by atoms with Crippen LogP contribution in [0.3, 0.4) is 0 Å². The molecule has 5 aliphatic heterocycles. The average Bonchev–Trinajstić information content (AvgIpc) is 1.51. The number of aryl methyl sites for hydroxylation is 5. The first-order valence-electron chi connectivity index (χ1n) is 37.9. The van der Waals surface area contributed by atoms with E-state index in [4.69, 9.17) is 70.6 Å². The highest BCUT2D eigenvalue weighted by Gasteiger charge is 2.31. The fourth-order valence-corrected chi connectivity index (χ4v) is 16.7. The van der Waals surface area contributed by atoms with E-state index >= 15 is 0 Å². The van der Waals surface area contributed by atoms with Crippen molar-refractivity contribution in [3.05, 3.63) is 282 Å². The summed E-state index contributed by atoms with van der Waals surface area (Å²) in [7, 11) is 9.04. The molecular weight excluding hydrogens is 1560 g/mol. The van der Waals surface area contributed by atoms with Gasteiger partial charge in [-0.25, -0.2) is 14.1 Å². The van der Waals surface area contributed by atoms with E-state index in [1.807, 2.05) is 128 Å². The molecule has 0 atom stereocenters. The minimum atomic E-state index is -0.391. The van der Waals surface area contributed by atoms with Crippen LogP contribution in [0.4, 0.5) is 21.6 Å². The van der Waals surface area contributed by atoms with Gasteiger partial charge in [0.15, 0.2) is 28.3 Å². The number of fused-ring (bicyclic) bond motifs is 7. The van der Waals surface area contributed by atoms with Crippen LogP contribution in [0.2, 0.25) is 10.2 Å². The van der Waals surface area contributed by atoms with Crippen molar-refractivity contribution in [2.45, 2.75) is 13.2 Å². The molecule has 0 fully saturated rings. The zero-order chi connectivity index (χ0) is 84.1. The lowest BCUT2D eigenvalue weighted by Crippen LogP contribution is -2.24. The molecule has 0 spiro atoms. The van der Waals surface area contributed by atoms with E-state index in [0.29, 0.717) is 109 Å². The van der Waals surface area contributed by atoms with Gasteiger partial charge in [-0.1, -0.05) is 150 Å². The van der Waals surface area contributed by atoms with Crippen LogP contribution in [0.15, 0.2) is 196 Å². The van der Waals surface area contributed by atoms with E-state index in [1.165, 1.54) is 27.9 Å². The molecule has 26 nitrogen and oxygen atoms in total. The fourth-order valence-electron chi connectivity index (χ4n) is 16.1. The van der Waals surface area contributed by atoms with E-state index in [1.54, 1.807) is 72.0 Å². The summed E-state index contributed by atoms with van der Waals surface area (Å²) in [5.41, 5.74) is 48.2. The highest BCUT2D eigenvalue weighted by Crippen LogP contribution is 2.48. The number of aliphatic imine (C=N–C) groups is 4. The second-order valence-corrected chi connectivity index (χ2v) is 29.5. The molecule has 8 N–H and O–H groups in total. The van der Waals surface area contributed by atoms with Crippen molar-refractivity contribution in [3.63, 3.8) is 0 Å². The Morgan fingerprint density at radius 3 is 1.27 bits per heavy atom. The normalized spacial score (nSPS) is 13.6. The van der Waals surface area contributed by atoms with E-state index in [2.05, 4.69) is 78.2 Å². The molecule has 14 aromatic rings. The predicted octanol–water partition coefficient (Wildman–Crippen LogP) is 15.0. The molecule has 592 valence electrons. The molecule has 0 bridgehead atoms. The van der Waals surface area contributed by atoms with Crippen LogP contribution >= 0.6 is 23.2 Å². The first-order chi connectivity index (χ1) is 58.2. The molecule has 29 heteroatoms. The minimum Gasteiger partial charge on any atom is -0.372 e. The largest absolute Gasteiger partial charge is 0.372 e. The summed E-state index contributed by atoms with van der Waals surface area (Å²) in [5.74, 6) is -0.127. The molecule has 0 saturated carbocycles. The standard InChI is InChI=1S/C25H18ClN5O.C25H18FN5O.C22H20N4O2.C19H16ClN7O/c1-28-24-19(10-14-5-3-4-6-16(14)23(24)26)25-20(12-30-31(25)2)15-7-8-17-18(9-15)21(11-27)29-13-22(17)32;1-28-24-18(8-4-14-3-6-16(26)10-19(14)24)25-21(12-30-31(25)2)15-5-7-17-20(9-15)22(11-27)29-13-23(17)32;1-26-22(16-4-2-3-14-11-28-12-19(14)16)18(9-25-26)13-5-6-15-17(7-13)20(8-23)24-10-21(15)27;1-22-19-16(18(20)25-27(19)3)17-13(8-24-26(17)2)10-4-5-11-12(6-10)14(7-21)23-9-15(11)28/h2*3-10,12H,11,13,27H2,2H3;2-7,9H,8,10-12,23H2,1H3;4-6,8H,7,9,21H2,2-3H3. The molecule has 0 radical (unpaired) electrons. The molecule has 5 aromatic heterocycles. The summed E-state index contributed by atoms with van der Waals surface area (Å²) < 4.78 is 28.1. The lowest BCUT2D eigenvalue weighted by atomic mass is 9.91. The number of halogens is 3. The summed E-state index contributed by atoms with van der Waals surface area (Å²) >= 11 is 13.0. The average molecular weight is 1630 g/mol. The van der Waals surface area contributed by atoms with Gasteiger partial charge in [0.2, 0.25) is 11.4 Å². The Morgan fingerprint density at radius 2 is 0.817 bits per heavy atom. The van der Waals surface area contributed by atoms with Gasteiger partial charge in [-0.05, 0) is 91.3 Å². The van der Waals surface area contributed by atoms with Gasteiger partial charge in [0.1, 0.15) is 32.0 Å². The summed E-state index contributed by atoms with van der Waals surface area (Å²) in [5, 5.41) is 25.7. The topological polar surface area (TPSA) is 333 Å². The maximum Gasteiger partial charge on any atom is 0.262 e. The molecule has 120 heavy (non-hydrogen) atoms. The van der Waals surface area contributed by atoms with Crippen LogP contribution in [-0.4, -0.2) is 147 Å². The smallest absolute Gasteiger partial charge is 0.262 e. The van der Waals surface area contributed by atoms with Gasteiger partial charge in [-0.15, -0.1) is 0 Å². The molecular formula is C91H72Cl2FN21O5. The third kappa shape index (κ3) is 14.3. The third-order valence-electron chi connectivity index (χ3n) is 21.9. The Balaban J connectivity index is 0.000000119. The number of ether oxygens (including phenoxy) is 1. The third-order valence-corrected chi connectivity index (χ3v) is 22.6. The van der Waals surface area contributed by atoms with E-state index < -0.39 is 5.82 Å². The summed E-state index contributed by atoms with van der Waals surface area (Å²) in [4.78, 5) is 77.4. The highest BCUT2D eigenvalue weighted by molar-refractivity contribution is 6.39. The first-order valence-corrected chi connectivity index (χ1v) is 38.7. The van der Waals surface area contributed by atoms with E-state index in [9.17, 15) is 23.6 Å². The fraction of sp³-hybridized carbons (Fsp3) is 0.165. The molecule has 0 amide bonds. The van der Waals surface area contributed by atoms with Crippen LogP contribution < -0.4 is 22.9 Å². The number of ketones is 4. The number of carbonyl (C=O) groups excluding carboxylic acids is 4. The van der Waals surface area contributed by atoms with Gasteiger partial charge in [0, 0.05) is 138 Å². The zero-order valence-electron chi connectivity index (χ0n) is 65.4. The monoisotopic (exact) mass is 1630 g/mol. The number of hydrogen-bond donors (Lipinski definition) is 4. The Labute approximate surface area is 696 Å². The van der Waals surface area contributed by atoms with Crippen LogP contribution in [0.5, 0.6) is 0 Å². The van der Waals surface area contributed by atoms with Crippen molar-refractivity contribution >= 4 is 108 Å². The molecule has 10 heterocycles. The second kappa shape index (κ2) is 33.0. The number of hydrogen-bond acceptors (Lipinski definition) is 18. The molecule has 5 aliphatic rings. The Kier molecular flexibility index (Phi) is 21.9. The molecule has 9 aromatic carbocycles. The molecule has 19 rings (SSSR count). The second-order valence-electron chi connectivity index (χ2n) is 28.7. The van der Waals surface area contributed by atoms with Gasteiger partial charge < -0.3 is 32.5 Å². The van der Waals surface area contributed by atoms with Crippen molar-refractivity contribution in [1.29, 1.82) is 0 Å². The van der Waals surface area contributed by atoms with Gasteiger partial charge in [0.05, 0.1) is 114 Å². The van der Waals surface area contributed by atoms with Gasteiger partial charge in [0.25, 0.3) is 5.82 Å². The molecule has 0 saturated heterocycles. The Morgan fingerprint density at radius 1 is 0.400 bits per heavy atom. The minimum absolute atomic E-state index is 0.0215. The quantitative estimate of drug-likeness (QED) is 0.0827. The van der Waals surface area contributed by atoms with Crippen molar-refractivity contribution in [3.8, 4) is 89.5 Å². The number of Topliss-reactive ketones (excluding diaryl/α,β-unsaturated/α-hetero) is 4. The molecule has 0 unspecified atom stereocenters. The lowest BCUT2D eigenvalue weighted by molar-refractivity contribution is 0.0992. The SMILES string of the molecule is Cn1ncc(-c2ccc3c(c2)C(CN)=NCC3=O)c1-c1cccc2c1COC2.[C-]#[N+]c1c(-c2c(-c3ccc4c(c3)C(CN)=NCC4=O)cnn2C)c(Cl)nn1C.[C-]#[N+]c1c(-c2c(-c3ccc4c(c3)C(CN)=NCC4=O)cnn2C)cc2ccccc2c1Cl.[C-]#[N+]c1c(-c2c(-c3ccc4c(c3)C(CN)=NCC4=O)cnn2C)ccc2ccc(F)cc12. The number of carbonyl (C=O) groups is 4. The summed E-state index contributed by atoms with van der Waals surface area (Å²) in [6.45, 7) is 25.9. The highest BCUT2D eigenvalue weighted by atomic mass is 35.5. The number of benzene rings is 9. The van der Waals surface area contributed by atoms with Crippen molar-refractivity contribution in [1.82, 2.24) is 48.9 Å². The van der Waals surface area contributed by atoms with Crippen molar-refractivity contribution in [2.75, 3.05) is 52.4 Å². The van der Waals surface area contributed by atoms with Crippen molar-refractivity contribution in [2.24, 2.45) is 78.1 Å². The van der Waals surface area contributed by atoms with Crippen molar-refractivity contribution < 1.29 is 28.3 Å². The maximum absolute atomic E-state index is 13.9. The first kappa shape index (κ1) is 79.5. The van der Waals surface area contributed by atoms with E-state index in [0.717, 1.165) is 111 Å². The predicted molar refractivity (Wildman–Crippen MR) is 465 cm³/mol. The van der Waals surface area contributed by atoms with Gasteiger partial charge in [-0.3, -0.25) is 57.9 Å².